The Balaban J connectivity index is 1.93. The second-order valence-corrected chi connectivity index (χ2v) is 7.34. The Morgan fingerprint density at radius 2 is 2.00 bits per heavy atom. The summed E-state index contributed by atoms with van der Waals surface area (Å²) in [5.74, 6) is 0.608. The van der Waals surface area contributed by atoms with Crippen LogP contribution >= 0.6 is 23.4 Å². The normalized spacial score (nSPS) is 16.3. The number of anilines is 2. The topological polar surface area (TPSA) is 53.9 Å². The van der Waals surface area contributed by atoms with Gasteiger partial charge in [0, 0.05) is 16.0 Å². The van der Waals surface area contributed by atoms with E-state index in [9.17, 15) is 4.79 Å². The van der Waals surface area contributed by atoms with Gasteiger partial charge in [0.25, 0.3) is 0 Å². The molecule has 0 aromatic heterocycles. The van der Waals surface area contributed by atoms with Crippen molar-refractivity contribution in [2.24, 2.45) is 4.99 Å². The van der Waals surface area contributed by atoms with Gasteiger partial charge in [-0.3, -0.25) is 4.99 Å². The van der Waals surface area contributed by atoms with Gasteiger partial charge in [-0.05, 0) is 36.4 Å². The van der Waals surface area contributed by atoms with E-state index in [-0.39, 0.29) is 6.03 Å². The van der Waals surface area contributed by atoms with E-state index >= 15 is 0 Å². The molecule has 2 aromatic rings. The number of halogens is 1. The lowest BCUT2D eigenvalue weighted by atomic mass is 10.2. The molecule has 0 fully saturated rings. The number of ether oxygens (including phenoxy) is 1. The molecule has 0 saturated carbocycles. The lowest BCUT2D eigenvalue weighted by molar-refractivity contribution is 0.259. The summed E-state index contributed by atoms with van der Waals surface area (Å²) in [6, 6.07) is 14.1. The van der Waals surface area contributed by atoms with Gasteiger partial charge in [0.2, 0.25) is 0 Å². The molecule has 5 nitrogen and oxygen atoms in total. The van der Waals surface area contributed by atoms with Gasteiger partial charge in [0.1, 0.15) is 5.75 Å². The van der Waals surface area contributed by atoms with E-state index in [0.29, 0.717) is 39.1 Å². The monoisotopic (exact) mass is 375 g/mol. The van der Waals surface area contributed by atoms with Crippen molar-refractivity contribution in [3.8, 4) is 5.75 Å². The van der Waals surface area contributed by atoms with E-state index < -0.39 is 0 Å². The number of amides is 2. The summed E-state index contributed by atoms with van der Waals surface area (Å²) in [5, 5.41) is 4.49. The van der Waals surface area contributed by atoms with Gasteiger partial charge in [-0.15, -0.1) is 0 Å². The number of amidine groups is 1. The number of carbonyl (C=O) groups excluding carboxylic acids is 1. The van der Waals surface area contributed by atoms with E-state index in [1.165, 1.54) is 0 Å². The fraction of sp³-hybridized carbons (Fsp3) is 0.222. The van der Waals surface area contributed by atoms with Gasteiger partial charge < -0.3 is 10.1 Å². The van der Waals surface area contributed by atoms with E-state index in [2.05, 4.69) is 17.2 Å². The summed E-state index contributed by atoms with van der Waals surface area (Å²) >= 11 is 7.47. The Kier molecular flexibility index (Phi) is 5.50. The van der Waals surface area contributed by atoms with Crippen LogP contribution in [0.4, 0.5) is 16.2 Å². The van der Waals surface area contributed by atoms with Crippen molar-refractivity contribution in [2.75, 3.05) is 23.9 Å². The molecule has 0 radical (unpaired) electrons. The van der Waals surface area contributed by atoms with Crippen molar-refractivity contribution >= 4 is 45.9 Å². The molecule has 25 heavy (non-hydrogen) atoms. The van der Waals surface area contributed by atoms with Crippen molar-refractivity contribution in [1.29, 1.82) is 0 Å². The lowest BCUT2D eigenvalue weighted by Crippen LogP contribution is -2.38. The predicted octanol–water partition coefficient (Wildman–Crippen LogP) is 4.88. The summed E-state index contributed by atoms with van der Waals surface area (Å²) in [7, 11) is 1.58. The molecule has 1 heterocycles. The molecule has 1 N–H and O–H groups in total. The fourth-order valence-corrected chi connectivity index (χ4v) is 3.48. The minimum Gasteiger partial charge on any atom is -0.495 e. The molecule has 0 spiro atoms. The highest BCUT2D eigenvalue weighted by molar-refractivity contribution is 8.15. The Morgan fingerprint density at radius 3 is 2.64 bits per heavy atom. The van der Waals surface area contributed by atoms with Gasteiger partial charge in [-0.1, -0.05) is 42.4 Å². The summed E-state index contributed by atoms with van der Waals surface area (Å²) < 4.78 is 5.43. The Morgan fingerprint density at radius 1 is 1.28 bits per heavy atom. The van der Waals surface area contributed by atoms with Crippen molar-refractivity contribution < 1.29 is 9.53 Å². The maximum Gasteiger partial charge on any atom is 0.332 e. The van der Waals surface area contributed by atoms with Crippen molar-refractivity contribution in [1.82, 2.24) is 0 Å². The molecule has 0 unspecified atom stereocenters. The zero-order chi connectivity index (χ0) is 17.8. The van der Waals surface area contributed by atoms with Crippen LogP contribution in [0.25, 0.3) is 0 Å². The number of para-hydroxylation sites is 2. The largest absolute Gasteiger partial charge is 0.495 e. The first-order chi connectivity index (χ1) is 12.1. The standard InChI is InChI=1S/C18H18ClN3O2S/c1-12-11-20-18(25-12)22(15-5-3-4-6-16(15)24-2)17(23)21-14-9-7-13(19)8-10-14/h3-10,12H,11H2,1-2H3,(H,21,23)/t12-/m0/s1. The lowest BCUT2D eigenvalue weighted by Gasteiger charge is -2.24. The summed E-state index contributed by atoms with van der Waals surface area (Å²) in [6.45, 7) is 2.76. The fourth-order valence-electron chi connectivity index (χ4n) is 2.41. The second-order valence-electron chi connectivity index (χ2n) is 5.50. The van der Waals surface area contributed by atoms with Gasteiger partial charge >= 0.3 is 6.03 Å². The van der Waals surface area contributed by atoms with Crippen LogP contribution in [-0.2, 0) is 0 Å². The summed E-state index contributed by atoms with van der Waals surface area (Å²) in [6.07, 6.45) is 0. The molecule has 1 aliphatic rings. The Labute approximate surface area is 156 Å². The predicted molar refractivity (Wildman–Crippen MR) is 105 cm³/mol. The van der Waals surface area contributed by atoms with Crippen LogP contribution in [0.5, 0.6) is 5.75 Å². The number of nitrogens with one attached hydrogen (secondary N) is 1. The van der Waals surface area contributed by atoms with Crippen LogP contribution in [0.2, 0.25) is 5.02 Å². The van der Waals surface area contributed by atoms with Gasteiger partial charge in [-0.2, -0.15) is 0 Å². The van der Waals surface area contributed by atoms with E-state index in [0.717, 1.165) is 0 Å². The van der Waals surface area contributed by atoms with Crippen LogP contribution in [0.1, 0.15) is 6.92 Å². The van der Waals surface area contributed by atoms with Crippen molar-refractivity contribution in [3.05, 3.63) is 53.6 Å². The van der Waals surface area contributed by atoms with E-state index in [4.69, 9.17) is 16.3 Å². The average Bonchev–Trinajstić information content (AvgIpc) is 3.03. The first-order valence-electron chi connectivity index (χ1n) is 7.79. The smallest absolute Gasteiger partial charge is 0.332 e. The first-order valence-corrected chi connectivity index (χ1v) is 9.05. The zero-order valence-electron chi connectivity index (χ0n) is 13.9. The van der Waals surface area contributed by atoms with Crippen LogP contribution in [0.15, 0.2) is 53.5 Å². The number of thioether (sulfide) groups is 1. The highest BCUT2D eigenvalue weighted by atomic mass is 35.5. The molecule has 1 aliphatic heterocycles. The average molecular weight is 376 g/mol. The zero-order valence-corrected chi connectivity index (χ0v) is 15.5. The van der Waals surface area contributed by atoms with Crippen molar-refractivity contribution in [2.45, 2.75) is 12.2 Å². The molecule has 2 amide bonds. The number of rotatable bonds is 3. The van der Waals surface area contributed by atoms with Crippen LogP contribution in [-0.4, -0.2) is 30.1 Å². The molecule has 3 rings (SSSR count). The molecule has 2 aromatic carbocycles. The minimum absolute atomic E-state index is 0.299. The number of carbonyl (C=O) groups is 1. The second kappa shape index (κ2) is 7.80. The number of hydrogen-bond acceptors (Lipinski definition) is 4. The van der Waals surface area contributed by atoms with E-state index in [1.54, 1.807) is 48.0 Å². The molecule has 130 valence electrons. The number of nitrogens with zero attached hydrogens (tertiary/aromatic N) is 2. The third-order valence-corrected chi connectivity index (χ3v) is 4.93. The Bertz CT molecular complexity index is 795. The SMILES string of the molecule is COc1ccccc1N(C(=O)Nc1ccc(Cl)cc1)C1=NC[C@H](C)S1. The van der Waals surface area contributed by atoms with E-state index in [1.807, 2.05) is 24.3 Å². The molecular weight excluding hydrogens is 358 g/mol. The number of urea groups is 1. The molecule has 7 heteroatoms. The first kappa shape index (κ1) is 17.6. The quantitative estimate of drug-likeness (QED) is 0.831. The summed E-state index contributed by atoms with van der Waals surface area (Å²) in [4.78, 5) is 19.1. The van der Waals surface area contributed by atoms with Gasteiger partial charge in [0.05, 0.1) is 19.3 Å². The number of hydrogen-bond donors (Lipinski definition) is 1. The number of benzene rings is 2. The third kappa shape index (κ3) is 4.08. The van der Waals surface area contributed by atoms with Crippen LogP contribution in [0, 0.1) is 0 Å². The molecule has 0 bridgehead atoms. The van der Waals surface area contributed by atoms with Crippen LogP contribution in [0.3, 0.4) is 0 Å². The Hall–Kier alpha value is -2.18. The maximum atomic E-state index is 13.0. The minimum atomic E-state index is -0.299. The van der Waals surface area contributed by atoms with Crippen LogP contribution < -0.4 is 15.0 Å². The summed E-state index contributed by atoms with van der Waals surface area (Å²) in [5.41, 5.74) is 1.31. The highest BCUT2D eigenvalue weighted by Crippen LogP contribution is 2.33. The maximum absolute atomic E-state index is 13.0. The third-order valence-electron chi connectivity index (χ3n) is 3.61. The number of aliphatic imine (C=N–C) groups is 1. The molecular formula is C18H18ClN3O2S. The molecule has 0 aliphatic carbocycles. The number of methoxy groups -OCH3 is 1. The van der Waals surface area contributed by atoms with Gasteiger partial charge in [0.15, 0.2) is 5.17 Å². The molecule has 0 saturated heterocycles. The molecule has 1 atom stereocenters. The van der Waals surface area contributed by atoms with Crippen molar-refractivity contribution in [3.63, 3.8) is 0 Å². The van der Waals surface area contributed by atoms with Gasteiger partial charge in [-0.25, -0.2) is 9.69 Å². The highest BCUT2D eigenvalue weighted by Gasteiger charge is 2.29.